The van der Waals surface area contributed by atoms with Gasteiger partial charge in [0.25, 0.3) is 0 Å². The summed E-state index contributed by atoms with van der Waals surface area (Å²) in [4.78, 5) is 0. The van der Waals surface area contributed by atoms with Crippen LogP contribution in [0.1, 0.15) is 107 Å². The molecule has 0 nitrogen and oxygen atoms in total. The molecule has 0 saturated heterocycles. The van der Waals surface area contributed by atoms with Crippen LogP contribution >= 0.6 is 17.2 Å². The van der Waals surface area contributed by atoms with Gasteiger partial charge in [-0.15, -0.1) is 0 Å². The van der Waals surface area contributed by atoms with Crippen LogP contribution in [0.3, 0.4) is 0 Å². The van der Waals surface area contributed by atoms with Crippen molar-refractivity contribution >= 4 is 35.5 Å². The van der Waals surface area contributed by atoms with Gasteiger partial charge in [0.05, 0.1) is 0 Å². The van der Waals surface area contributed by atoms with E-state index in [-0.39, 0.29) is 13.6 Å². The van der Waals surface area contributed by atoms with Gasteiger partial charge in [-0.2, -0.15) is 0 Å². The van der Waals surface area contributed by atoms with E-state index < -0.39 is 14.8 Å². The van der Waals surface area contributed by atoms with Crippen LogP contribution in [-0.2, 0) is 14.8 Å². The summed E-state index contributed by atoms with van der Waals surface area (Å²) in [5.41, 5.74) is 11.2. The molecule has 0 aromatic heterocycles. The van der Waals surface area contributed by atoms with Crippen LogP contribution in [0.2, 0.25) is 6.04 Å². The Morgan fingerprint density at radius 1 is 0.788 bits per heavy atom. The Kier molecular flexibility index (Phi) is 7.18. The van der Waals surface area contributed by atoms with Crippen LogP contribution in [0.25, 0.3) is 12.2 Å². The van der Waals surface area contributed by atoms with Crippen molar-refractivity contribution in [2.45, 2.75) is 80.1 Å². The average molecular weight is 664 g/mol. The summed E-state index contributed by atoms with van der Waals surface area (Å²) in [7, 11) is 16.5. The molecule has 0 amide bonds. The van der Waals surface area contributed by atoms with Crippen molar-refractivity contribution in [3.05, 3.63) is 80.9 Å². The zero-order chi connectivity index (χ0) is 24.2. The van der Waals surface area contributed by atoms with E-state index in [0.29, 0.717) is 11.8 Å². The number of hydrogen-bond acceptors (Lipinski definition) is 0. The van der Waals surface area contributed by atoms with Crippen LogP contribution in [0.5, 0.6) is 0 Å². The predicted molar refractivity (Wildman–Crippen MR) is 148 cm³/mol. The summed E-state index contributed by atoms with van der Waals surface area (Å²) in [6.45, 7) is 16.0. The van der Waals surface area contributed by atoms with Gasteiger partial charge >= 0.3 is 211 Å². The van der Waals surface area contributed by atoms with E-state index >= 15 is 0 Å². The third-order valence-electron chi connectivity index (χ3n) is 7.79. The van der Waals surface area contributed by atoms with Crippen LogP contribution in [0, 0.1) is 0 Å². The molecular formula is C29H38Cl2HfSi. The van der Waals surface area contributed by atoms with E-state index in [4.69, 9.17) is 17.2 Å². The molecule has 0 saturated carbocycles. The standard InChI is InChI=1S/2C13H15.C3H8Si.2ClH.Hf/c2*1-9(2)12-6-4-5-11-7-10(3)8-13(11)12;1-2-3-4;;;/h2*4-9H,1-3H3;4H,2-3H2,1H3;2*1H;/q;;;;;+2/p-2. The number of rotatable bonds is 6. The molecule has 4 heteroatoms. The van der Waals surface area contributed by atoms with Gasteiger partial charge in [-0.05, 0) is 0 Å². The molecule has 176 valence electrons. The summed E-state index contributed by atoms with van der Waals surface area (Å²) in [6, 6.07) is 14.9. The number of hydrogen-bond donors (Lipinski definition) is 0. The fraction of sp³-hybridized carbons (Fsp3) is 0.448. The van der Waals surface area contributed by atoms with Gasteiger partial charge in [-0.1, -0.05) is 0 Å². The monoisotopic (exact) mass is 664 g/mol. The van der Waals surface area contributed by atoms with Crippen molar-refractivity contribution in [2.75, 3.05) is 0 Å². The molecule has 2 atom stereocenters. The molecule has 4 rings (SSSR count). The van der Waals surface area contributed by atoms with Crippen molar-refractivity contribution in [2.24, 2.45) is 0 Å². The van der Waals surface area contributed by atoms with Gasteiger partial charge in [-0.3, -0.25) is 0 Å². The second kappa shape index (κ2) is 9.23. The number of halogens is 2. The summed E-state index contributed by atoms with van der Waals surface area (Å²) < 4.78 is 0.421. The maximum absolute atomic E-state index is 8.24. The van der Waals surface area contributed by atoms with Gasteiger partial charge in [0.15, 0.2) is 0 Å². The molecule has 0 bridgehead atoms. The predicted octanol–water partition coefficient (Wildman–Crippen LogP) is 9.73. The van der Waals surface area contributed by atoms with Crippen molar-refractivity contribution in [3.8, 4) is 0 Å². The van der Waals surface area contributed by atoms with E-state index in [1.165, 1.54) is 50.6 Å². The average Bonchev–Trinajstić information content (AvgIpc) is 3.28. The Labute approximate surface area is 209 Å². The summed E-state index contributed by atoms with van der Waals surface area (Å²) in [5, 5.41) is 0. The second-order valence-electron chi connectivity index (χ2n) is 10.9. The molecule has 0 aliphatic heterocycles. The Morgan fingerprint density at radius 3 is 1.58 bits per heavy atom. The number of fused-ring (bicyclic) bond motifs is 2. The number of allylic oxidation sites excluding steroid dienone is 2. The molecule has 0 heterocycles. The molecule has 0 N–H and O–H groups in total. The van der Waals surface area contributed by atoms with Gasteiger partial charge in [0, 0.05) is 0 Å². The van der Waals surface area contributed by atoms with Crippen molar-refractivity contribution in [3.63, 3.8) is 0 Å². The van der Waals surface area contributed by atoms with Crippen LogP contribution in [0.4, 0.5) is 0 Å². The minimum absolute atomic E-state index is 0.00967. The Balaban J connectivity index is 2.01. The van der Waals surface area contributed by atoms with E-state index in [1.807, 2.05) is 0 Å². The topological polar surface area (TPSA) is 0 Å². The van der Waals surface area contributed by atoms with Crippen LogP contribution in [-0.4, -0.2) is 6.22 Å². The van der Waals surface area contributed by atoms with Gasteiger partial charge < -0.3 is 0 Å². The molecule has 2 aromatic carbocycles. The summed E-state index contributed by atoms with van der Waals surface area (Å²) in [6.07, 6.45) is 5.98. The molecule has 2 unspecified atom stereocenters. The van der Waals surface area contributed by atoms with E-state index in [1.54, 1.807) is 0 Å². The zero-order valence-corrected chi connectivity index (χ0v) is 27.4. The first kappa shape index (κ1) is 25.7. The fourth-order valence-electron chi connectivity index (χ4n) is 6.45. The third-order valence-corrected chi connectivity index (χ3v) is 54.6. The van der Waals surface area contributed by atoms with Crippen molar-refractivity contribution in [1.29, 1.82) is 0 Å². The Hall–Kier alpha value is -0.413. The molecule has 2 aliphatic rings. The normalized spacial score (nSPS) is 20.1. The first-order chi connectivity index (χ1) is 15.5. The Bertz CT molecular complexity index is 1140. The van der Waals surface area contributed by atoms with Gasteiger partial charge in [-0.25, -0.2) is 0 Å². The second-order valence-corrected chi connectivity index (χ2v) is 60.8. The maximum atomic E-state index is 8.24. The zero-order valence-electron chi connectivity index (χ0n) is 21.2. The third kappa shape index (κ3) is 4.15. The SMILES string of the molecule is CCC[SiH]=[Hf]([Cl])([Cl])([CH]1C(C)=Cc2c(C(C)C)cccc21)[CH]1C(C)=Cc2c(C(C)C)cccc21. The molecule has 0 radical (unpaired) electrons. The molecule has 2 aliphatic carbocycles. The quantitative estimate of drug-likeness (QED) is 0.270. The van der Waals surface area contributed by atoms with Crippen LogP contribution in [0.15, 0.2) is 47.5 Å². The van der Waals surface area contributed by atoms with Crippen molar-refractivity contribution < 1.29 is 14.8 Å². The van der Waals surface area contributed by atoms with Gasteiger partial charge in [0.2, 0.25) is 0 Å². The van der Waals surface area contributed by atoms with Crippen molar-refractivity contribution in [1.82, 2.24) is 0 Å². The first-order valence-corrected chi connectivity index (χ1v) is 33.2. The minimum atomic E-state index is -4.61. The molecule has 2 aromatic rings. The summed E-state index contributed by atoms with van der Waals surface area (Å²) >= 11 is -4.61. The van der Waals surface area contributed by atoms with E-state index in [9.17, 15) is 0 Å². The summed E-state index contributed by atoms with van der Waals surface area (Å²) in [5.74, 6) is 0.973. The Morgan fingerprint density at radius 2 is 1.21 bits per heavy atom. The fourth-order valence-corrected chi connectivity index (χ4v) is 58.1. The van der Waals surface area contributed by atoms with E-state index in [0.717, 1.165) is 6.42 Å². The molecule has 0 fully saturated rings. The molecule has 0 spiro atoms. The number of benzene rings is 2. The first-order valence-electron chi connectivity index (χ1n) is 12.5. The molecular weight excluding hydrogens is 626 g/mol. The molecule has 33 heavy (non-hydrogen) atoms. The van der Waals surface area contributed by atoms with Crippen LogP contribution < -0.4 is 0 Å². The van der Waals surface area contributed by atoms with Gasteiger partial charge in [0.1, 0.15) is 0 Å². The van der Waals surface area contributed by atoms with E-state index in [2.05, 4.69) is 97.0 Å².